The van der Waals surface area contributed by atoms with Crippen LogP contribution in [0.3, 0.4) is 0 Å². The first-order chi connectivity index (χ1) is 12.6. The Labute approximate surface area is 156 Å². The molecule has 2 fully saturated rings. The number of likely N-dealkylation sites (tertiary alicyclic amines) is 2. The number of piperidine rings is 2. The van der Waals surface area contributed by atoms with Gasteiger partial charge >= 0.3 is 0 Å². The average Bonchev–Trinajstić information content (AvgIpc) is 2.65. The standard InChI is InChI=1S/C21H31N3O2/c1-2-24-17-21(12-9-20(24)26)11-6-14-23(16-21)15-19(25)22-13-10-18-7-4-3-5-8-18/h3-5,7-8H,2,6,9-17H2,1H3,(H,22,25)/t21-/m0/s1. The fourth-order valence-electron chi connectivity index (χ4n) is 4.42. The van der Waals surface area contributed by atoms with Crippen LogP contribution in [0.25, 0.3) is 0 Å². The van der Waals surface area contributed by atoms with Crippen LogP contribution in [0.5, 0.6) is 0 Å². The molecule has 1 aromatic rings. The van der Waals surface area contributed by atoms with E-state index < -0.39 is 0 Å². The monoisotopic (exact) mass is 357 g/mol. The summed E-state index contributed by atoms with van der Waals surface area (Å²) >= 11 is 0. The number of nitrogens with one attached hydrogen (secondary N) is 1. The molecular formula is C21H31N3O2. The fraction of sp³-hybridized carbons (Fsp3) is 0.619. The van der Waals surface area contributed by atoms with Crippen molar-refractivity contribution < 1.29 is 9.59 Å². The van der Waals surface area contributed by atoms with Crippen molar-refractivity contribution in [3.8, 4) is 0 Å². The summed E-state index contributed by atoms with van der Waals surface area (Å²) in [4.78, 5) is 28.6. The van der Waals surface area contributed by atoms with Crippen molar-refractivity contribution in [3.63, 3.8) is 0 Å². The lowest BCUT2D eigenvalue weighted by Crippen LogP contribution is -2.55. The van der Waals surface area contributed by atoms with Crippen molar-refractivity contribution in [2.24, 2.45) is 5.41 Å². The van der Waals surface area contributed by atoms with Gasteiger partial charge in [-0.2, -0.15) is 0 Å². The van der Waals surface area contributed by atoms with Crippen LogP contribution < -0.4 is 5.32 Å². The Balaban J connectivity index is 1.45. The Hall–Kier alpha value is -1.88. The molecule has 0 aliphatic carbocycles. The summed E-state index contributed by atoms with van der Waals surface area (Å²) < 4.78 is 0. The second-order valence-electron chi connectivity index (χ2n) is 7.81. The molecule has 5 heteroatoms. The van der Waals surface area contributed by atoms with Crippen LogP contribution in [0.2, 0.25) is 0 Å². The van der Waals surface area contributed by atoms with Crippen LogP contribution in [0.1, 0.15) is 38.2 Å². The largest absolute Gasteiger partial charge is 0.355 e. The molecule has 2 aliphatic rings. The van der Waals surface area contributed by atoms with E-state index in [1.54, 1.807) is 0 Å². The average molecular weight is 357 g/mol. The van der Waals surface area contributed by atoms with E-state index in [1.807, 2.05) is 23.1 Å². The molecule has 0 radical (unpaired) electrons. The summed E-state index contributed by atoms with van der Waals surface area (Å²) in [7, 11) is 0. The molecule has 0 bridgehead atoms. The van der Waals surface area contributed by atoms with E-state index in [2.05, 4.69) is 29.3 Å². The molecular weight excluding hydrogens is 326 g/mol. The van der Waals surface area contributed by atoms with Crippen molar-refractivity contribution >= 4 is 11.8 Å². The van der Waals surface area contributed by atoms with Gasteiger partial charge in [-0.05, 0) is 44.7 Å². The van der Waals surface area contributed by atoms with E-state index in [-0.39, 0.29) is 17.2 Å². The van der Waals surface area contributed by atoms with Gasteiger partial charge in [0.15, 0.2) is 0 Å². The molecule has 2 amide bonds. The molecule has 26 heavy (non-hydrogen) atoms. The number of carbonyl (C=O) groups excluding carboxylic acids is 2. The van der Waals surface area contributed by atoms with Gasteiger partial charge in [-0.25, -0.2) is 0 Å². The van der Waals surface area contributed by atoms with Gasteiger partial charge in [-0.3, -0.25) is 14.5 Å². The Morgan fingerprint density at radius 2 is 2.00 bits per heavy atom. The Morgan fingerprint density at radius 3 is 2.77 bits per heavy atom. The molecule has 5 nitrogen and oxygen atoms in total. The highest BCUT2D eigenvalue weighted by Gasteiger charge is 2.41. The summed E-state index contributed by atoms with van der Waals surface area (Å²) in [5.41, 5.74) is 1.43. The van der Waals surface area contributed by atoms with Gasteiger partial charge in [-0.15, -0.1) is 0 Å². The lowest BCUT2D eigenvalue weighted by molar-refractivity contribution is -0.139. The van der Waals surface area contributed by atoms with E-state index in [1.165, 1.54) is 12.0 Å². The zero-order chi connectivity index (χ0) is 18.4. The Kier molecular flexibility index (Phi) is 6.30. The Bertz CT molecular complexity index is 619. The van der Waals surface area contributed by atoms with Crippen molar-refractivity contribution in [1.29, 1.82) is 0 Å². The molecule has 1 spiro atoms. The summed E-state index contributed by atoms with van der Waals surface area (Å²) in [6.07, 6.45) is 4.77. The van der Waals surface area contributed by atoms with Crippen LogP contribution in [-0.2, 0) is 16.0 Å². The third-order valence-electron chi connectivity index (χ3n) is 5.82. The van der Waals surface area contributed by atoms with Crippen molar-refractivity contribution in [1.82, 2.24) is 15.1 Å². The minimum absolute atomic E-state index is 0.109. The number of hydrogen-bond acceptors (Lipinski definition) is 3. The van der Waals surface area contributed by atoms with Crippen LogP contribution in [0.4, 0.5) is 0 Å². The topological polar surface area (TPSA) is 52.6 Å². The number of carbonyl (C=O) groups is 2. The maximum atomic E-state index is 12.3. The first kappa shape index (κ1) is 18.9. The van der Waals surface area contributed by atoms with E-state index >= 15 is 0 Å². The van der Waals surface area contributed by atoms with Crippen LogP contribution in [0.15, 0.2) is 30.3 Å². The second kappa shape index (κ2) is 8.67. The molecule has 3 rings (SSSR count). The number of hydrogen-bond donors (Lipinski definition) is 1. The fourth-order valence-corrected chi connectivity index (χ4v) is 4.42. The minimum atomic E-state index is 0.109. The summed E-state index contributed by atoms with van der Waals surface area (Å²) in [5.74, 6) is 0.395. The van der Waals surface area contributed by atoms with Crippen molar-refractivity contribution in [2.45, 2.75) is 39.0 Å². The predicted octanol–water partition coefficient (Wildman–Crippen LogP) is 2.07. The van der Waals surface area contributed by atoms with Gasteiger partial charge in [0, 0.05) is 38.0 Å². The highest BCUT2D eigenvalue weighted by Crippen LogP contribution is 2.38. The number of nitrogens with zero attached hydrogens (tertiary/aromatic N) is 2. The molecule has 2 heterocycles. The quantitative estimate of drug-likeness (QED) is 0.848. The van der Waals surface area contributed by atoms with Crippen LogP contribution >= 0.6 is 0 Å². The van der Waals surface area contributed by atoms with Crippen LogP contribution in [-0.4, -0.2) is 60.9 Å². The van der Waals surface area contributed by atoms with E-state index in [9.17, 15) is 9.59 Å². The third-order valence-corrected chi connectivity index (χ3v) is 5.82. The van der Waals surface area contributed by atoms with Gasteiger partial charge in [0.2, 0.25) is 11.8 Å². The second-order valence-corrected chi connectivity index (χ2v) is 7.81. The molecule has 2 saturated heterocycles. The summed E-state index contributed by atoms with van der Waals surface area (Å²) in [6.45, 7) is 6.76. The van der Waals surface area contributed by atoms with Gasteiger partial charge in [-0.1, -0.05) is 30.3 Å². The molecule has 1 N–H and O–H groups in total. The maximum Gasteiger partial charge on any atom is 0.234 e. The summed E-state index contributed by atoms with van der Waals surface area (Å²) in [5, 5.41) is 3.05. The molecule has 142 valence electrons. The molecule has 1 aromatic carbocycles. The predicted molar refractivity (Wildman–Crippen MR) is 103 cm³/mol. The van der Waals surface area contributed by atoms with Gasteiger partial charge < -0.3 is 10.2 Å². The first-order valence-corrected chi connectivity index (χ1v) is 9.91. The number of rotatable bonds is 6. The molecule has 0 saturated carbocycles. The lowest BCUT2D eigenvalue weighted by atomic mass is 9.73. The summed E-state index contributed by atoms with van der Waals surface area (Å²) in [6, 6.07) is 10.2. The number of benzene rings is 1. The highest BCUT2D eigenvalue weighted by molar-refractivity contribution is 5.78. The van der Waals surface area contributed by atoms with Crippen molar-refractivity contribution in [2.75, 3.05) is 39.3 Å². The highest BCUT2D eigenvalue weighted by atomic mass is 16.2. The van der Waals surface area contributed by atoms with Gasteiger partial charge in [0.1, 0.15) is 0 Å². The third kappa shape index (κ3) is 4.85. The van der Waals surface area contributed by atoms with Gasteiger partial charge in [0.05, 0.1) is 6.54 Å². The Morgan fingerprint density at radius 1 is 1.19 bits per heavy atom. The zero-order valence-corrected chi connectivity index (χ0v) is 15.9. The van der Waals surface area contributed by atoms with Gasteiger partial charge in [0.25, 0.3) is 0 Å². The van der Waals surface area contributed by atoms with Crippen molar-refractivity contribution in [3.05, 3.63) is 35.9 Å². The first-order valence-electron chi connectivity index (χ1n) is 9.91. The van der Waals surface area contributed by atoms with E-state index in [4.69, 9.17) is 0 Å². The molecule has 0 aromatic heterocycles. The van der Waals surface area contributed by atoms with Crippen LogP contribution in [0, 0.1) is 5.41 Å². The number of amides is 2. The lowest BCUT2D eigenvalue weighted by Gasteiger charge is -2.48. The smallest absolute Gasteiger partial charge is 0.234 e. The van der Waals surface area contributed by atoms with E-state index in [0.29, 0.717) is 19.5 Å². The molecule has 2 aliphatic heterocycles. The normalized spacial score (nSPS) is 24.0. The maximum absolute atomic E-state index is 12.3. The minimum Gasteiger partial charge on any atom is -0.355 e. The van der Waals surface area contributed by atoms with E-state index in [0.717, 1.165) is 45.4 Å². The molecule has 0 unspecified atom stereocenters. The molecule has 1 atom stereocenters. The zero-order valence-electron chi connectivity index (χ0n) is 15.9. The SMILES string of the molecule is CCN1C[C@@]2(CCCN(CC(=O)NCCc3ccccc3)C2)CCC1=O.